The van der Waals surface area contributed by atoms with Gasteiger partial charge in [-0.25, -0.2) is 0 Å². The predicted molar refractivity (Wildman–Crippen MR) is 74.6 cm³/mol. The molecule has 0 unspecified atom stereocenters. The highest BCUT2D eigenvalue weighted by atomic mass is 35.5. The summed E-state index contributed by atoms with van der Waals surface area (Å²) in [5, 5.41) is 7.03. The highest BCUT2D eigenvalue weighted by Gasteiger charge is 2.15. The first-order valence-corrected chi connectivity index (χ1v) is 6.45. The molecule has 3 aromatic rings. The number of nitrogens with one attached hydrogen (secondary N) is 1. The second-order valence-electron chi connectivity index (χ2n) is 3.70. The summed E-state index contributed by atoms with van der Waals surface area (Å²) in [6, 6.07) is 7.61. The number of rotatable bonds is 2. The van der Waals surface area contributed by atoms with E-state index < -0.39 is 0 Å². The molecule has 0 radical (unpaired) electrons. The largest absolute Gasteiger partial charge is 0.382 e. The van der Waals surface area contributed by atoms with Crippen molar-refractivity contribution < 1.29 is 0 Å². The summed E-state index contributed by atoms with van der Waals surface area (Å²) < 4.78 is 0.735. The Kier molecular flexibility index (Phi) is 2.77. The lowest BCUT2D eigenvalue weighted by Crippen LogP contribution is -1.88. The molecule has 0 aliphatic carbocycles. The number of anilines is 1. The van der Waals surface area contributed by atoms with E-state index in [1.807, 2.05) is 24.3 Å². The van der Waals surface area contributed by atoms with Crippen molar-refractivity contribution in [1.82, 2.24) is 15.2 Å². The van der Waals surface area contributed by atoms with Gasteiger partial charge in [0.1, 0.15) is 0 Å². The lowest BCUT2D eigenvalue weighted by atomic mass is 10.1. The van der Waals surface area contributed by atoms with Crippen LogP contribution in [0.1, 0.15) is 0 Å². The summed E-state index contributed by atoms with van der Waals surface area (Å²) in [5.41, 5.74) is 8.68. The molecule has 0 amide bonds. The molecule has 0 aromatic carbocycles. The Labute approximate surface area is 112 Å². The summed E-state index contributed by atoms with van der Waals surface area (Å²) in [4.78, 5) is 5.01. The smallest absolute Gasteiger partial charge is 0.153 e. The summed E-state index contributed by atoms with van der Waals surface area (Å²) in [6.45, 7) is 0. The third-order valence-corrected chi connectivity index (χ3v) is 3.83. The van der Waals surface area contributed by atoms with Gasteiger partial charge in [-0.2, -0.15) is 5.10 Å². The van der Waals surface area contributed by atoms with Crippen molar-refractivity contribution in [3.63, 3.8) is 0 Å². The van der Waals surface area contributed by atoms with E-state index in [9.17, 15) is 0 Å². The maximum atomic E-state index is 5.96. The van der Waals surface area contributed by atoms with Crippen LogP contribution in [0, 0.1) is 0 Å². The molecule has 0 saturated heterocycles. The molecule has 0 aliphatic heterocycles. The number of hydrogen-bond donors (Lipinski definition) is 2. The Bertz CT molecular complexity index is 674. The summed E-state index contributed by atoms with van der Waals surface area (Å²) in [7, 11) is 0. The normalized spacial score (nSPS) is 10.7. The number of halogens is 1. The van der Waals surface area contributed by atoms with Gasteiger partial charge in [0.15, 0.2) is 5.82 Å². The Morgan fingerprint density at radius 3 is 2.61 bits per heavy atom. The van der Waals surface area contributed by atoms with Gasteiger partial charge in [0, 0.05) is 12.4 Å². The van der Waals surface area contributed by atoms with Crippen LogP contribution < -0.4 is 5.73 Å². The van der Waals surface area contributed by atoms with Crippen molar-refractivity contribution in [3.8, 4) is 21.7 Å². The molecule has 0 atom stereocenters. The molecule has 3 rings (SSSR count). The molecule has 0 fully saturated rings. The molecule has 3 N–H and O–H groups in total. The molecule has 18 heavy (non-hydrogen) atoms. The minimum atomic E-state index is 0.473. The van der Waals surface area contributed by atoms with E-state index in [0.29, 0.717) is 5.82 Å². The monoisotopic (exact) mass is 276 g/mol. The van der Waals surface area contributed by atoms with E-state index in [2.05, 4.69) is 15.2 Å². The Morgan fingerprint density at radius 2 is 1.94 bits per heavy atom. The molecule has 0 spiro atoms. The SMILES string of the molecule is Nc1n[nH]c(-c2ccc(Cl)s2)c1-c1ccncc1. The van der Waals surface area contributed by atoms with Gasteiger partial charge >= 0.3 is 0 Å². The van der Waals surface area contributed by atoms with Gasteiger partial charge in [0.2, 0.25) is 0 Å². The van der Waals surface area contributed by atoms with E-state index >= 15 is 0 Å². The van der Waals surface area contributed by atoms with Gasteiger partial charge in [-0.05, 0) is 29.8 Å². The standard InChI is InChI=1S/C12H9ClN4S/c13-9-2-1-8(18-9)11-10(12(14)17-16-11)7-3-5-15-6-4-7/h1-6H,(H3,14,16,17). The molecular formula is C12H9ClN4S. The molecule has 6 heteroatoms. The number of nitrogens with zero attached hydrogens (tertiary/aromatic N) is 2. The maximum absolute atomic E-state index is 5.96. The van der Waals surface area contributed by atoms with Crippen molar-refractivity contribution >= 4 is 28.8 Å². The fourth-order valence-electron chi connectivity index (χ4n) is 1.79. The molecule has 0 bridgehead atoms. The average Bonchev–Trinajstić information content (AvgIpc) is 2.96. The predicted octanol–water partition coefficient (Wildman–Crippen LogP) is 3.44. The minimum absolute atomic E-state index is 0.473. The van der Waals surface area contributed by atoms with Gasteiger partial charge in [0.25, 0.3) is 0 Å². The maximum Gasteiger partial charge on any atom is 0.153 e. The van der Waals surface area contributed by atoms with Crippen LogP contribution >= 0.6 is 22.9 Å². The van der Waals surface area contributed by atoms with Crippen LogP contribution in [-0.2, 0) is 0 Å². The number of hydrogen-bond acceptors (Lipinski definition) is 4. The first kappa shape index (κ1) is 11.3. The zero-order chi connectivity index (χ0) is 12.5. The second-order valence-corrected chi connectivity index (χ2v) is 5.41. The topological polar surface area (TPSA) is 67.6 Å². The van der Waals surface area contributed by atoms with Crippen molar-refractivity contribution in [1.29, 1.82) is 0 Å². The van der Waals surface area contributed by atoms with E-state index in [-0.39, 0.29) is 0 Å². The number of nitrogens with two attached hydrogens (primary N) is 1. The van der Waals surface area contributed by atoms with Crippen LogP contribution in [-0.4, -0.2) is 15.2 Å². The first-order valence-electron chi connectivity index (χ1n) is 5.25. The first-order chi connectivity index (χ1) is 8.75. The van der Waals surface area contributed by atoms with Crippen LogP contribution in [0.3, 0.4) is 0 Å². The molecular weight excluding hydrogens is 268 g/mol. The summed E-state index contributed by atoms with van der Waals surface area (Å²) in [6.07, 6.45) is 3.46. The molecule has 3 heterocycles. The zero-order valence-electron chi connectivity index (χ0n) is 9.22. The lowest BCUT2D eigenvalue weighted by Gasteiger charge is -2.01. The quantitative estimate of drug-likeness (QED) is 0.753. The van der Waals surface area contributed by atoms with E-state index in [1.54, 1.807) is 12.4 Å². The Balaban J connectivity index is 2.18. The van der Waals surface area contributed by atoms with Crippen molar-refractivity contribution in [3.05, 3.63) is 41.0 Å². The Hall–Kier alpha value is -1.85. The number of pyridine rings is 1. The summed E-state index contributed by atoms with van der Waals surface area (Å²) >= 11 is 7.44. The Morgan fingerprint density at radius 1 is 1.17 bits per heavy atom. The molecule has 0 aliphatic rings. The number of aromatic nitrogens is 3. The zero-order valence-corrected chi connectivity index (χ0v) is 10.8. The average molecular weight is 277 g/mol. The molecule has 3 aromatic heterocycles. The van der Waals surface area contributed by atoms with Gasteiger partial charge in [-0.1, -0.05) is 11.6 Å². The van der Waals surface area contributed by atoms with Crippen molar-refractivity contribution in [2.45, 2.75) is 0 Å². The minimum Gasteiger partial charge on any atom is -0.382 e. The second kappa shape index (κ2) is 4.44. The van der Waals surface area contributed by atoms with E-state index in [4.69, 9.17) is 17.3 Å². The number of nitrogen functional groups attached to an aromatic ring is 1. The van der Waals surface area contributed by atoms with Gasteiger partial charge in [-0.3, -0.25) is 10.1 Å². The van der Waals surface area contributed by atoms with Crippen molar-refractivity contribution in [2.75, 3.05) is 5.73 Å². The fourth-order valence-corrected chi connectivity index (χ4v) is 2.84. The summed E-state index contributed by atoms with van der Waals surface area (Å²) in [5.74, 6) is 0.473. The van der Waals surface area contributed by atoms with Crippen molar-refractivity contribution in [2.24, 2.45) is 0 Å². The van der Waals surface area contributed by atoms with Crippen LogP contribution in [0.5, 0.6) is 0 Å². The van der Waals surface area contributed by atoms with Gasteiger partial charge in [-0.15, -0.1) is 11.3 Å². The number of H-pyrrole nitrogens is 1. The third-order valence-electron chi connectivity index (χ3n) is 2.58. The highest BCUT2D eigenvalue weighted by molar-refractivity contribution is 7.19. The molecule has 0 saturated carbocycles. The van der Waals surface area contributed by atoms with Gasteiger partial charge < -0.3 is 5.73 Å². The van der Waals surface area contributed by atoms with Crippen LogP contribution in [0.4, 0.5) is 5.82 Å². The van der Waals surface area contributed by atoms with E-state index in [1.165, 1.54) is 11.3 Å². The van der Waals surface area contributed by atoms with Crippen LogP contribution in [0.2, 0.25) is 4.34 Å². The van der Waals surface area contributed by atoms with Crippen LogP contribution in [0.25, 0.3) is 21.7 Å². The number of thiophene rings is 1. The highest BCUT2D eigenvalue weighted by Crippen LogP contribution is 2.38. The third kappa shape index (κ3) is 1.87. The molecule has 90 valence electrons. The van der Waals surface area contributed by atoms with Crippen LogP contribution in [0.15, 0.2) is 36.7 Å². The number of aromatic amines is 1. The fraction of sp³-hybridized carbons (Fsp3) is 0. The lowest BCUT2D eigenvalue weighted by molar-refractivity contribution is 1.11. The van der Waals surface area contributed by atoms with E-state index in [0.717, 1.165) is 26.0 Å². The van der Waals surface area contributed by atoms with Gasteiger partial charge in [0.05, 0.1) is 20.5 Å². The molecule has 4 nitrogen and oxygen atoms in total.